The zero-order valence-electron chi connectivity index (χ0n) is 15.2. The first-order chi connectivity index (χ1) is 12.6. The third-order valence-electron chi connectivity index (χ3n) is 4.61. The molecule has 2 aromatic rings. The topological polar surface area (TPSA) is 75.2 Å². The van der Waals surface area contributed by atoms with Gasteiger partial charge in [0, 0.05) is 18.5 Å². The Morgan fingerprint density at radius 3 is 2.81 bits per heavy atom. The number of nitrogens with zero attached hydrogens (tertiary/aromatic N) is 3. The number of hydrogen-bond acceptors (Lipinski definition) is 5. The van der Waals surface area contributed by atoms with Crippen molar-refractivity contribution in [1.29, 1.82) is 0 Å². The van der Waals surface area contributed by atoms with E-state index >= 15 is 0 Å². The quantitative estimate of drug-likeness (QED) is 0.718. The number of carbonyl (C=O) groups is 2. The van der Waals surface area contributed by atoms with Gasteiger partial charge in [0.2, 0.25) is 11.0 Å². The second-order valence-corrected chi connectivity index (χ2v) is 7.52. The summed E-state index contributed by atoms with van der Waals surface area (Å²) >= 11 is 1.41. The monoisotopic (exact) mass is 372 g/mol. The average Bonchev–Trinajstić information content (AvgIpc) is 3.21. The van der Waals surface area contributed by atoms with Crippen molar-refractivity contribution in [3.63, 3.8) is 0 Å². The van der Waals surface area contributed by atoms with Crippen LogP contribution in [0.3, 0.4) is 0 Å². The van der Waals surface area contributed by atoms with Crippen molar-refractivity contribution in [2.24, 2.45) is 0 Å². The van der Waals surface area contributed by atoms with Crippen molar-refractivity contribution in [2.45, 2.75) is 58.5 Å². The van der Waals surface area contributed by atoms with Crippen molar-refractivity contribution in [2.75, 3.05) is 5.32 Å². The summed E-state index contributed by atoms with van der Waals surface area (Å²) in [5.74, 6) is -0.287. The first-order valence-corrected chi connectivity index (χ1v) is 9.97. The van der Waals surface area contributed by atoms with Gasteiger partial charge < -0.3 is 4.90 Å². The summed E-state index contributed by atoms with van der Waals surface area (Å²) in [6.45, 7) is 4.55. The molecule has 0 saturated heterocycles. The minimum Gasteiger partial charge on any atom is -0.322 e. The standard InChI is InChI=1S/C19H24N4O2S/c1-3-5-6-11-16-21-22-19(26-16)20-17(24)15(4-2)23-12-13-9-7-8-10-14(13)18(23)25/h7-10,15H,3-6,11-12H2,1-2H3,(H,20,22,24). The lowest BCUT2D eigenvalue weighted by Crippen LogP contribution is -2.43. The molecule has 1 N–H and O–H groups in total. The number of aromatic nitrogens is 2. The number of nitrogens with one attached hydrogen (secondary N) is 1. The smallest absolute Gasteiger partial charge is 0.255 e. The van der Waals surface area contributed by atoms with E-state index in [9.17, 15) is 9.59 Å². The molecule has 1 atom stereocenters. The third kappa shape index (κ3) is 3.93. The predicted molar refractivity (Wildman–Crippen MR) is 102 cm³/mol. The van der Waals surface area contributed by atoms with E-state index in [-0.39, 0.29) is 11.8 Å². The highest BCUT2D eigenvalue weighted by Crippen LogP contribution is 2.26. The van der Waals surface area contributed by atoms with Crippen LogP contribution >= 0.6 is 11.3 Å². The summed E-state index contributed by atoms with van der Waals surface area (Å²) in [4.78, 5) is 27.0. The van der Waals surface area contributed by atoms with Crippen LogP contribution in [0, 0.1) is 0 Å². The Balaban J connectivity index is 1.64. The molecule has 1 aliphatic heterocycles. The van der Waals surface area contributed by atoms with Gasteiger partial charge in [-0.3, -0.25) is 14.9 Å². The molecule has 1 aromatic heterocycles. The summed E-state index contributed by atoms with van der Waals surface area (Å²) < 4.78 is 0. The van der Waals surface area contributed by atoms with Crippen LogP contribution in [0.5, 0.6) is 0 Å². The molecule has 138 valence electrons. The Morgan fingerprint density at radius 2 is 2.08 bits per heavy atom. The fourth-order valence-corrected chi connectivity index (χ4v) is 3.98. The van der Waals surface area contributed by atoms with Crippen LogP contribution in [-0.2, 0) is 17.8 Å². The molecular formula is C19H24N4O2S. The van der Waals surface area contributed by atoms with Gasteiger partial charge in [0.15, 0.2) is 0 Å². The Morgan fingerprint density at radius 1 is 1.27 bits per heavy atom. The Hall–Kier alpha value is -2.28. The highest BCUT2D eigenvalue weighted by Gasteiger charge is 2.35. The molecule has 3 rings (SSSR count). The van der Waals surface area contributed by atoms with E-state index in [1.165, 1.54) is 11.3 Å². The summed E-state index contributed by atoms with van der Waals surface area (Å²) in [7, 11) is 0. The van der Waals surface area contributed by atoms with Crippen LogP contribution in [0.4, 0.5) is 5.13 Å². The van der Waals surface area contributed by atoms with Crippen molar-refractivity contribution in [3.05, 3.63) is 40.4 Å². The van der Waals surface area contributed by atoms with Crippen LogP contribution in [-0.4, -0.2) is 33.0 Å². The fraction of sp³-hybridized carbons (Fsp3) is 0.474. The molecule has 6 nitrogen and oxygen atoms in total. The van der Waals surface area contributed by atoms with Gasteiger partial charge in [0.05, 0.1) is 0 Å². The van der Waals surface area contributed by atoms with Crippen molar-refractivity contribution in [3.8, 4) is 0 Å². The molecule has 0 saturated carbocycles. The molecule has 0 spiro atoms. The lowest BCUT2D eigenvalue weighted by atomic mass is 10.1. The van der Waals surface area contributed by atoms with E-state index in [4.69, 9.17) is 0 Å². The van der Waals surface area contributed by atoms with E-state index in [0.717, 1.165) is 36.3 Å². The first kappa shape index (κ1) is 18.5. The molecule has 26 heavy (non-hydrogen) atoms. The molecule has 1 aliphatic rings. The number of carbonyl (C=O) groups excluding carboxylic acids is 2. The van der Waals surface area contributed by atoms with E-state index in [1.54, 1.807) is 4.90 Å². The predicted octanol–water partition coefficient (Wildman–Crippen LogP) is 3.64. The molecule has 0 bridgehead atoms. The normalized spacial score (nSPS) is 14.4. The van der Waals surface area contributed by atoms with Gasteiger partial charge in [-0.25, -0.2) is 0 Å². The van der Waals surface area contributed by atoms with Gasteiger partial charge in [-0.05, 0) is 24.5 Å². The number of hydrogen-bond donors (Lipinski definition) is 1. The molecule has 2 heterocycles. The summed E-state index contributed by atoms with van der Waals surface area (Å²) in [6.07, 6.45) is 4.84. The van der Waals surface area contributed by atoms with Crippen molar-refractivity contribution >= 4 is 28.3 Å². The van der Waals surface area contributed by atoms with Crippen LogP contribution in [0.15, 0.2) is 24.3 Å². The fourth-order valence-electron chi connectivity index (χ4n) is 3.20. The number of fused-ring (bicyclic) bond motifs is 1. The second-order valence-electron chi connectivity index (χ2n) is 6.46. The van der Waals surface area contributed by atoms with Crippen LogP contribution < -0.4 is 5.32 Å². The van der Waals surface area contributed by atoms with Crippen LogP contribution in [0.1, 0.15) is 60.5 Å². The number of rotatable bonds is 8. The maximum atomic E-state index is 12.7. The van der Waals surface area contributed by atoms with E-state index < -0.39 is 6.04 Å². The second kappa shape index (κ2) is 8.40. The number of anilines is 1. The maximum Gasteiger partial charge on any atom is 0.255 e. The van der Waals surface area contributed by atoms with E-state index in [1.807, 2.05) is 31.2 Å². The minimum absolute atomic E-state index is 0.0832. The van der Waals surface area contributed by atoms with E-state index in [2.05, 4.69) is 22.4 Å². The Kier molecular flexibility index (Phi) is 5.98. The molecular weight excluding hydrogens is 348 g/mol. The number of unbranched alkanes of at least 4 members (excludes halogenated alkanes) is 2. The lowest BCUT2D eigenvalue weighted by Gasteiger charge is -2.25. The molecule has 0 fully saturated rings. The summed E-state index contributed by atoms with van der Waals surface area (Å²) in [5.41, 5.74) is 1.66. The maximum absolute atomic E-state index is 12.7. The highest BCUT2D eigenvalue weighted by molar-refractivity contribution is 7.15. The largest absolute Gasteiger partial charge is 0.322 e. The summed E-state index contributed by atoms with van der Waals surface area (Å²) in [5, 5.41) is 12.5. The molecule has 1 aromatic carbocycles. The SMILES string of the molecule is CCCCCc1nnc(NC(=O)C(CC)N2Cc3ccccc3C2=O)s1. The number of aryl methyl sites for hydroxylation is 1. The minimum atomic E-state index is -0.512. The Labute approximate surface area is 157 Å². The van der Waals surface area contributed by atoms with Crippen LogP contribution in [0.2, 0.25) is 0 Å². The number of benzene rings is 1. The van der Waals surface area contributed by atoms with Crippen molar-refractivity contribution in [1.82, 2.24) is 15.1 Å². The molecule has 0 aliphatic carbocycles. The zero-order chi connectivity index (χ0) is 18.5. The number of amides is 2. The zero-order valence-corrected chi connectivity index (χ0v) is 16.0. The summed E-state index contributed by atoms with van der Waals surface area (Å²) in [6, 6.07) is 7.00. The average molecular weight is 372 g/mol. The first-order valence-electron chi connectivity index (χ1n) is 9.16. The van der Waals surface area contributed by atoms with Gasteiger partial charge in [-0.1, -0.05) is 56.2 Å². The molecule has 1 unspecified atom stereocenters. The molecule has 2 amide bonds. The van der Waals surface area contributed by atoms with Gasteiger partial charge in [0.1, 0.15) is 11.0 Å². The lowest BCUT2D eigenvalue weighted by molar-refractivity contribution is -0.120. The van der Waals surface area contributed by atoms with Crippen molar-refractivity contribution < 1.29 is 9.59 Å². The van der Waals surface area contributed by atoms with Gasteiger partial charge >= 0.3 is 0 Å². The Bertz CT molecular complexity index is 789. The van der Waals surface area contributed by atoms with Gasteiger partial charge in [-0.2, -0.15) is 0 Å². The van der Waals surface area contributed by atoms with Gasteiger partial charge in [-0.15, -0.1) is 10.2 Å². The third-order valence-corrected chi connectivity index (χ3v) is 5.50. The molecule has 7 heteroatoms. The van der Waals surface area contributed by atoms with Gasteiger partial charge in [0.25, 0.3) is 5.91 Å². The van der Waals surface area contributed by atoms with Crippen LogP contribution in [0.25, 0.3) is 0 Å². The van der Waals surface area contributed by atoms with E-state index in [0.29, 0.717) is 23.7 Å². The highest BCUT2D eigenvalue weighted by atomic mass is 32.1. The molecule has 0 radical (unpaired) electrons.